The van der Waals surface area contributed by atoms with Crippen LogP contribution in [0.25, 0.3) is 0 Å². The van der Waals surface area contributed by atoms with E-state index in [4.69, 9.17) is 10.5 Å². The van der Waals surface area contributed by atoms with Crippen molar-refractivity contribution in [1.29, 1.82) is 0 Å². The minimum absolute atomic E-state index is 0.315. The molecule has 0 aromatic carbocycles. The molecule has 1 aliphatic heterocycles. The summed E-state index contributed by atoms with van der Waals surface area (Å²) in [7, 11) is 0. The standard InChI is InChI=1S/C14H21N5O2/c15-12(20)11-8-16-14(18-10-4-6-21-7-5-10)19-13(11)17-9-2-1-3-9/h8-10H,1-7H2,(H2,15,20)(H2,16,17,18,19). The molecule has 1 aromatic heterocycles. The second kappa shape index (κ2) is 6.26. The molecule has 1 saturated heterocycles. The van der Waals surface area contributed by atoms with E-state index in [0.717, 1.165) is 38.9 Å². The van der Waals surface area contributed by atoms with Crippen LogP contribution in [0.15, 0.2) is 6.20 Å². The van der Waals surface area contributed by atoms with E-state index in [1.54, 1.807) is 0 Å². The summed E-state index contributed by atoms with van der Waals surface area (Å²) in [6.45, 7) is 1.51. The van der Waals surface area contributed by atoms with Crippen molar-refractivity contribution >= 4 is 17.7 Å². The highest BCUT2D eigenvalue weighted by molar-refractivity contribution is 5.97. The number of amides is 1. The lowest BCUT2D eigenvalue weighted by atomic mass is 9.93. The van der Waals surface area contributed by atoms with E-state index in [2.05, 4.69) is 20.6 Å². The topological polar surface area (TPSA) is 102 Å². The molecule has 4 N–H and O–H groups in total. The normalized spacial score (nSPS) is 19.8. The summed E-state index contributed by atoms with van der Waals surface area (Å²) >= 11 is 0. The van der Waals surface area contributed by atoms with Crippen molar-refractivity contribution in [3.05, 3.63) is 11.8 Å². The van der Waals surface area contributed by atoms with Gasteiger partial charge < -0.3 is 21.1 Å². The third-order valence-electron chi connectivity index (χ3n) is 4.05. The molecule has 2 aliphatic rings. The Hall–Kier alpha value is -1.89. The Morgan fingerprint density at radius 3 is 2.52 bits per heavy atom. The van der Waals surface area contributed by atoms with Gasteiger partial charge in [-0.3, -0.25) is 4.79 Å². The number of carbonyl (C=O) groups excluding carboxylic acids is 1. The van der Waals surface area contributed by atoms with Crippen LogP contribution in [0.2, 0.25) is 0 Å². The lowest BCUT2D eigenvalue weighted by Gasteiger charge is -2.28. The number of primary amides is 1. The van der Waals surface area contributed by atoms with Gasteiger partial charge in [-0.25, -0.2) is 4.98 Å². The molecule has 7 heteroatoms. The van der Waals surface area contributed by atoms with Crippen LogP contribution in [0.5, 0.6) is 0 Å². The quantitative estimate of drug-likeness (QED) is 0.751. The molecule has 1 aromatic rings. The molecule has 0 atom stereocenters. The zero-order valence-electron chi connectivity index (χ0n) is 12.0. The number of ether oxygens (including phenoxy) is 1. The van der Waals surface area contributed by atoms with Gasteiger partial charge in [0.05, 0.1) is 5.56 Å². The summed E-state index contributed by atoms with van der Waals surface area (Å²) in [5, 5.41) is 6.59. The SMILES string of the molecule is NC(=O)c1cnc(NC2CCOCC2)nc1NC1CCC1. The Balaban J connectivity index is 1.74. The minimum atomic E-state index is -0.505. The van der Waals surface area contributed by atoms with Gasteiger partial charge in [0.1, 0.15) is 5.82 Å². The maximum absolute atomic E-state index is 11.5. The first kappa shape index (κ1) is 14.1. The number of carbonyl (C=O) groups is 1. The summed E-state index contributed by atoms with van der Waals surface area (Å²) in [5.41, 5.74) is 5.73. The third-order valence-corrected chi connectivity index (χ3v) is 4.05. The minimum Gasteiger partial charge on any atom is -0.381 e. The second-order valence-corrected chi connectivity index (χ2v) is 5.62. The highest BCUT2D eigenvalue weighted by Gasteiger charge is 2.22. The number of nitrogens with zero attached hydrogens (tertiary/aromatic N) is 2. The maximum Gasteiger partial charge on any atom is 0.254 e. The Labute approximate surface area is 123 Å². The van der Waals surface area contributed by atoms with Crippen molar-refractivity contribution < 1.29 is 9.53 Å². The zero-order valence-corrected chi connectivity index (χ0v) is 12.0. The Morgan fingerprint density at radius 1 is 1.19 bits per heavy atom. The van der Waals surface area contributed by atoms with Crippen LogP contribution in [-0.2, 0) is 4.74 Å². The molecule has 0 radical (unpaired) electrons. The summed E-state index contributed by atoms with van der Waals surface area (Å²) in [5.74, 6) is 0.569. The van der Waals surface area contributed by atoms with Gasteiger partial charge in [-0.15, -0.1) is 0 Å². The molecule has 2 heterocycles. The molecular formula is C14H21N5O2. The van der Waals surface area contributed by atoms with Crippen LogP contribution in [0, 0.1) is 0 Å². The number of hydrogen-bond donors (Lipinski definition) is 3. The molecular weight excluding hydrogens is 270 g/mol. The molecule has 2 fully saturated rings. The average Bonchev–Trinajstić information content (AvgIpc) is 2.44. The first-order chi connectivity index (χ1) is 10.2. The first-order valence-corrected chi connectivity index (χ1v) is 7.50. The second-order valence-electron chi connectivity index (χ2n) is 5.62. The fraction of sp³-hybridized carbons (Fsp3) is 0.643. The van der Waals surface area contributed by atoms with E-state index in [1.807, 2.05) is 0 Å². The van der Waals surface area contributed by atoms with Crippen molar-refractivity contribution in [2.45, 2.75) is 44.2 Å². The van der Waals surface area contributed by atoms with Gasteiger partial charge in [0.2, 0.25) is 5.95 Å². The van der Waals surface area contributed by atoms with Crippen LogP contribution < -0.4 is 16.4 Å². The maximum atomic E-state index is 11.5. The molecule has 114 valence electrons. The fourth-order valence-electron chi connectivity index (χ4n) is 2.51. The van der Waals surface area contributed by atoms with Crippen LogP contribution in [0.3, 0.4) is 0 Å². The van der Waals surface area contributed by atoms with Gasteiger partial charge in [0.25, 0.3) is 5.91 Å². The molecule has 0 bridgehead atoms. The third kappa shape index (κ3) is 3.41. The Kier molecular flexibility index (Phi) is 4.19. The zero-order chi connectivity index (χ0) is 14.7. The van der Waals surface area contributed by atoms with Crippen LogP contribution in [0.4, 0.5) is 11.8 Å². The smallest absolute Gasteiger partial charge is 0.254 e. The molecule has 1 amide bonds. The number of hydrogen-bond acceptors (Lipinski definition) is 6. The lowest BCUT2D eigenvalue weighted by molar-refractivity contribution is 0.0903. The molecule has 3 rings (SSSR count). The van der Waals surface area contributed by atoms with Gasteiger partial charge in [-0.05, 0) is 32.1 Å². The Bertz CT molecular complexity index is 512. The van der Waals surface area contributed by atoms with Gasteiger partial charge in [0, 0.05) is 31.5 Å². The van der Waals surface area contributed by atoms with E-state index < -0.39 is 5.91 Å². The van der Waals surface area contributed by atoms with Crippen LogP contribution >= 0.6 is 0 Å². The van der Waals surface area contributed by atoms with Crippen LogP contribution in [0.1, 0.15) is 42.5 Å². The summed E-state index contributed by atoms with van der Waals surface area (Å²) in [4.78, 5) is 20.1. The monoisotopic (exact) mass is 291 g/mol. The molecule has 7 nitrogen and oxygen atoms in total. The predicted molar refractivity (Wildman–Crippen MR) is 79.3 cm³/mol. The molecule has 0 spiro atoms. The lowest BCUT2D eigenvalue weighted by Crippen LogP contribution is -2.31. The summed E-state index contributed by atoms with van der Waals surface area (Å²) in [6, 6.07) is 0.698. The number of nitrogens with one attached hydrogen (secondary N) is 2. The van der Waals surface area contributed by atoms with E-state index in [-0.39, 0.29) is 0 Å². The van der Waals surface area contributed by atoms with E-state index >= 15 is 0 Å². The number of rotatable bonds is 5. The fourth-order valence-corrected chi connectivity index (χ4v) is 2.51. The van der Waals surface area contributed by atoms with Crippen molar-refractivity contribution in [1.82, 2.24) is 9.97 Å². The number of anilines is 2. The molecule has 1 saturated carbocycles. The molecule has 21 heavy (non-hydrogen) atoms. The van der Waals surface area contributed by atoms with Gasteiger partial charge in [0.15, 0.2) is 0 Å². The van der Waals surface area contributed by atoms with Crippen molar-refractivity contribution in [2.24, 2.45) is 5.73 Å². The highest BCUT2D eigenvalue weighted by Crippen LogP contribution is 2.24. The van der Waals surface area contributed by atoms with Crippen molar-refractivity contribution in [2.75, 3.05) is 23.8 Å². The largest absolute Gasteiger partial charge is 0.381 e. The van der Waals surface area contributed by atoms with Crippen LogP contribution in [-0.4, -0.2) is 41.2 Å². The average molecular weight is 291 g/mol. The highest BCUT2D eigenvalue weighted by atomic mass is 16.5. The Morgan fingerprint density at radius 2 is 1.90 bits per heavy atom. The summed E-state index contributed by atoms with van der Waals surface area (Å²) < 4.78 is 5.33. The predicted octanol–water partition coefficient (Wildman–Crippen LogP) is 1.13. The van der Waals surface area contributed by atoms with E-state index in [0.29, 0.717) is 29.4 Å². The van der Waals surface area contributed by atoms with Gasteiger partial charge in [-0.2, -0.15) is 4.98 Å². The van der Waals surface area contributed by atoms with Crippen molar-refractivity contribution in [3.8, 4) is 0 Å². The number of nitrogens with two attached hydrogens (primary N) is 1. The van der Waals surface area contributed by atoms with E-state index in [9.17, 15) is 4.79 Å². The summed E-state index contributed by atoms with van der Waals surface area (Å²) in [6.07, 6.45) is 6.79. The number of aromatic nitrogens is 2. The molecule has 0 unspecified atom stereocenters. The molecule has 1 aliphatic carbocycles. The van der Waals surface area contributed by atoms with E-state index in [1.165, 1.54) is 12.6 Å². The van der Waals surface area contributed by atoms with Crippen molar-refractivity contribution in [3.63, 3.8) is 0 Å². The van der Waals surface area contributed by atoms with Gasteiger partial charge >= 0.3 is 0 Å². The van der Waals surface area contributed by atoms with Gasteiger partial charge in [-0.1, -0.05) is 0 Å². The first-order valence-electron chi connectivity index (χ1n) is 7.50.